The van der Waals surface area contributed by atoms with Gasteiger partial charge in [0.1, 0.15) is 0 Å². The van der Waals surface area contributed by atoms with Crippen LogP contribution in [0, 0.1) is 0 Å². The second-order valence-corrected chi connectivity index (χ2v) is 8.78. The largest absolute Gasteiger partial charge is 0.493 e. The Morgan fingerprint density at radius 2 is 1.78 bits per heavy atom. The summed E-state index contributed by atoms with van der Waals surface area (Å²) in [5.41, 5.74) is 2.75. The minimum atomic E-state index is -0.165. The summed E-state index contributed by atoms with van der Waals surface area (Å²) in [6, 6.07) is 13.3. The van der Waals surface area contributed by atoms with Crippen LogP contribution in [0.3, 0.4) is 0 Å². The molecule has 0 saturated carbocycles. The fourth-order valence-electron chi connectivity index (χ4n) is 4.36. The molecule has 190 valence electrons. The van der Waals surface area contributed by atoms with Crippen molar-refractivity contribution in [1.29, 1.82) is 0 Å². The third-order valence-electron chi connectivity index (χ3n) is 6.41. The Balaban J connectivity index is 1.15. The molecule has 3 amide bonds. The summed E-state index contributed by atoms with van der Waals surface area (Å²) >= 11 is 0. The summed E-state index contributed by atoms with van der Waals surface area (Å²) in [5.74, 6) is 1.43. The van der Waals surface area contributed by atoms with Gasteiger partial charge < -0.3 is 29.6 Å². The first kappa shape index (κ1) is 25.1. The number of ether oxygens (including phenoxy) is 2. The van der Waals surface area contributed by atoms with Crippen LogP contribution in [0.15, 0.2) is 61.2 Å². The van der Waals surface area contributed by atoms with Crippen LogP contribution in [-0.2, 0) is 6.42 Å². The lowest BCUT2D eigenvalue weighted by atomic mass is 10.0. The monoisotopic (exact) mass is 491 g/mol. The van der Waals surface area contributed by atoms with Crippen LogP contribution in [0.1, 0.15) is 35.2 Å². The molecule has 1 aromatic heterocycles. The average Bonchev–Trinajstić information content (AvgIpc) is 3.46. The molecule has 9 nitrogen and oxygen atoms in total. The van der Waals surface area contributed by atoms with Crippen LogP contribution in [0.25, 0.3) is 5.69 Å². The molecule has 2 aromatic carbocycles. The molecule has 0 radical (unpaired) electrons. The van der Waals surface area contributed by atoms with Gasteiger partial charge in [0, 0.05) is 49.3 Å². The molecular weight excluding hydrogens is 458 g/mol. The minimum absolute atomic E-state index is 0.0187. The number of carbonyl (C=O) groups excluding carboxylic acids is 2. The molecule has 3 aromatic rings. The van der Waals surface area contributed by atoms with Crippen molar-refractivity contribution in [3.8, 4) is 17.2 Å². The van der Waals surface area contributed by atoms with Gasteiger partial charge in [-0.1, -0.05) is 6.07 Å². The molecule has 0 atom stereocenters. The quantitative estimate of drug-likeness (QED) is 0.447. The van der Waals surface area contributed by atoms with E-state index < -0.39 is 0 Å². The number of imidazole rings is 1. The molecule has 0 bridgehead atoms. The van der Waals surface area contributed by atoms with Crippen molar-refractivity contribution >= 4 is 11.9 Å². The van der Waals surface area contributed by atoms with E-state index in [2.05, 4.69) is 15.6 Å². The SMILES string of the molecule is COc1ccc(CCCNC(=O)NC2CCN(C(=O)c3ccc(-n4ccnc4)cc3)CC2)cc1OC. The number of benzene rings is 2. The number of amides is 3. The van der Waals surface area contributed by atoms with E-state index in [0.717, 1.165) is 36.9 Å². The predicted molar refractivity (Wildman–Crippen MR) is 137 cm³/mol. The number of hydrogen-bond donors (Lipinski definition) is 2. The van der Waals surface area contributed by atoms with Gasteiger partial charge in [0.15, 0.2) is 11.5 Å². The van der Waals surface area contributed by atoms with E-state index in [-0.39, 0.29) is 18.0 Å². The van der Waals surface area contributed by atoms with E-state index in [4.69, 9.17) is 9.47 Å². The van der Waals surface area contributed by atoms with E-state index in [0.29, 0.717) is 36.7 Å². The number of aryl methyl sites for hydroxylation is 1. The van der Waals surface area contributed by atoms with E-state index in [1.807, 2.05) is 58.1 Å². The van der Waals surface area contributed by atoms with E-state index in [1.165, 1.54) is 0 Å². The Bertz CT molecular complexity index is 1140. The summed E-state index contributed by atoms with van der Waals surface area (Å²) in [4.78, 5) is 31.1. The van der Waals surface area contributed by atoms with Crippen LogP contribution in [0.2, 0.25) is 0 Å². The Morgan fingerprint density at radius 1 is 1.03 bits per heavy atom. The molecule has 2 N–H and O–H groups in total. The summed E-state index contributed by atoms with van der Waals surface area (Å²) in [6.45, 7) is 1.81. The highest BCUT2D eigenvalue weighted by Gasteiger charge is 2.24. The Morgan fingerprint density at radius 3 is 2.44 bits per heavy atom. The standard InChI is InChI=1S/C27H33N5O4/c1-35-24-10-5-20(18-25(24)36-2)4-3-13-29-27(34)30-22-11-15-31(16-12-22)26(33)21-6-8-23(9-7-21)32-17-14-28-19-32/h5-10,14,17-19,22H,3-4,11-13,15-16H2,1-2H3,(H2,29,30,34). The second kappa shape index (κ2) is 12.1. The van der Waals surface area contributed by atoms with Crippen molar-refractivity contribution in [2.45, 2.75) is 31.7 Å². The molecule has 0 spiro atoms. The maximum absolute atomic E-state index is 12.9. The van der Waals surface area contributed by atoms with Gasteiger partial charge in [-0.3, -0.25) is 4.79 Å². The third kappa shape index (κ3) is 6.35. The number of piperidine rings is 1. The predicted octanol–water partition coefficient (Wildman–Crippen LogP) is 3.43. The molecular formula is C27H33N5O4. The fourth-order valence-corrected chi connectivity index (χ4v) is 4.36. The first-order chi connectivity index (χ1) is 17.6. The maximum atomic E-state index is 12.9. The number of methoxy groups -OCH3 is 2. The van der Waals surface area contributed by atoms with Crippen molar-refractivity contribution in [3.63, 3.8) is 0 Å². The molecule has 0 unspecified atom stereocenters. The smallest absolute Gasteiger partial charge is 0.315 e. The Kier molecular flexibility index (Phi) is 8.44. The molecule has 0 aliphatic carbocycles. The summed E-state index contributed by atoms with van der Waals surface area (Å²) in [5, 5.41) is 5.97. The molecule has 1 saturated heterocycles. The van der Waals surface area contributed by atoms with Gasteiger partial charge in [-0.15, -0.1) is 0 Å². The highest BCUT2D eigenvalue weighted by molar-refractivity contribution is 5.94. The first-order valence-electron chi connectivity index (χ1n) is 12.2. The number of rotatable bonds is 9. The zero-order valence-electron chi connectivity index (χ0n) is 20.8. The van der Waals surface area contributed by atoms with E-state index in [9.17, 15) is 9.59 Å². The first-order valence-corrected chi connectivity index (χ1v) is 12.2. The van der Waals surface area contributed by atoms with Gasteiger partial charge in [-0.2, -0.15) is 0 Å². The molecule has 4 rings (SSSR count). The van der Waals surface area contributed by atoms with Crippen molar-refractivity contribution in [1.82, 2.24) is 25.1 Å². The molecule has 2 heterocycles. The topological polar surface area (TPSA) is 97.7 Å². The van der Waals surface area contributed by atoms with Gasteiger partial charge in [0.25, 0.3) is 5.91 Å². The summed E-state index contributed by atoms with van der Waals surface area (Å²) in [7, 11) is 3.23. The lowest BCUT2D eigenvalue weighted by molar-refractivity contribution is 0.0708. The number of likely N-dealkylation sites (tertiary alicyclic amines) is 1. The summed E-state index contributed by atoms with van der Waals surface area (Å²) < 4.78 is 12.5. The molecule has 1 aliphatic rings. The Labute approximate surface area is 211 Å². The minimum Gasteiger partial charge on any atom is -0.493 e. The number of carbonyl (C=O) groups is 2. The molecule has 36 heavy (non-hydrogen) atoms. The Hall–Kier alpha value is -4.01. The van der Waals surface area contributed by atoms with Gasteiger partial charge in [0.2, 0.25) is 0 Å². The highest BCUT2D eigenvalue weighted by atomic mass is 16.5. The van der Waals surface area contributed by atoms with Gasteiger partial charge >= 0.3 is 6.03 Å². The van der Waals surface area contributed by atoms with Crippen molar-refractivity contribution in [2.24, 2.45) is 0 Å². The van der Waals surface area contributed by atoms with Crippen LogP contribution in [-0.4, -0.2) is 66.3 Å². The van der Waals surface area contributed by atoms with E-state index >= 15 is 0 Å². The zero-order chi connectivity index (χ0) is 25.3. The highest BCUT2D eigenvalue weighted by Crippen LogP contribution is 2.27. The second-order valence-electron chi connectivity index (χ2n) is 8.78. The van der Waals surface area contributed by atoms with Crippen molar-refractivity contribution < 1.29 is 19.1 Å². The van der Waals surface area contributed by atoms with Crippen LogP contribution < -0.4 is 20.1 Å². The molecule has 1 fully saturated rings. The van der Waals surface area contributed by atoms with Gasteiger partial charge in [-0.05, 0) is 67.6 Å². The van der Waals surface area contributed by atoms with Crippen molar-refractivity contribution in [3.05, 3.63) is 72.3 Å². The fraction of sp³-hybridized carbons (Fsp3) is 0.370. The maximum Gasteiger partial charge on any atom is 0.315 e. The van der Waals surface area contributed by atoms with Crippen LogP contribution in [0.4, 0.5) is 4.79 Å². The van der Waals surface area contributed by atoms with Crippen molar-refractivity contribution in [2.75, 3.05) is 33.9 Å². The zero-order valence-corrected chi connectivity index (χ0v) is 20.8. The normalized spacial score (nSPS) is 13.8. The van der Waals surface area contributed by atoms with E-state index in [1.54, 1.807) is 26.7 Å². The number of nitrogens with zero attached hydrogens (tertiary/aromatic N) is 3. The van der Waals surface area contributed by atoms with Gasteiger partial charge in [0.05, 0.1) is 20.5 Å². The third-order valence-corrected chi connectivity index (χ3v) is 6.41. The molecule has 1 aliphatic heterocycles. The number of aromatic nitrogens is 2. The van der Waals surface area contributed by atoms with Gasteiger partial charge in [-0.25, -0.2) is 9.78 Å². The summed E-state index contributed by atoms with van der Waals surface area (Å²) in [6.07, 6.45) is 8.42. The number of urea groups is 1. The van der Waals surface area contributed by atoms with Crippen LogP contribution in [0.5, 0.6) is 11.5 Å². The molecule has 9 heteroatoms. The lowest BCUT2D eigenvalue weighted by Crippen LogP contribution is -2.49. The number of nitrogens with one attached hydrogen (secondary N) is 2. The average molecular weight is 492 g/mol. The van der Waals surface area contributed by atoms with Crippen LogP contribution >= 0.6 is 0 Å². The lowest BCUT2D eigenvalue weighted by Gasteiger charge is -2.32. The number of hydrogen-bond acceptors (Lipinski definition) is 5.